The molecule has 0 saturated heterocycles. The van der Waals surface area contributed by atoms with Gasteiger partial charge >= 0.3 is 0 Å². The first-order valence-electron chi connectivity index (χ1n) is 8.09. The summed E-state index contributed by atoms with van der Waals surface area (Å²) < 4.78 is 0. The molecule has 2 unspecified atom stereocenters. The van der Waals surface area contributed by atoms with Crippen molar-refractivity contribution < 1.29 is 4.79 Å². The van der Waals surface area contributed by atoms with Gasteiger partial charge in [-0.3, -0.25) is 4.79 Å². The summed E-state index contributed by atoms with van der Waals surface area (Å²) in [7, 11) is 0. The molecule has 0 aromatic carbocycles. The quantitative estimate of drug-likeness (QED) is 0.441. The summed E-state index contributed by atoms with van der Waals surface area (Å²) in [5, 5.41) is 0. The van der Waals surface area contributed by atoms with E-state index >= 15 is 0 Å². The second kappa shape index (κ2) is 10.9. The number of ketones is 1. The van der Waals surface area contributed by atoms with Crippen LogP contribution in [0.1, 0.15) is 80.1 Å². The summed E-state index contributed by atoms with van der Waals surface area (Å²) in [4.78, 5) is 12.0. The van der Waals surface area contributed by atoms with E-state index < -0.39 is 0 Å². The molecule has 0 rings (SSSR count). The molecule has 0 heterocycles. The third kappa shape index (κ3) is 12.2. The van der Waals surface area contributed by atoms with Crippen molar-refractivity contribution >= 4 is 5.78 Å². The van der Waals surface area contributed by atoms with Crippen molar-refractivity contribution in [3.63, 3.8) is 0 Å². The maximum absolute atomic E-state index is 12.0. The molecule has 0 radical (unpaired) electrons. The number of carbonyl (C=O) groups excluding carboxylic acids is 1. The third-order valence-electron chi connectivity index (χ3n) is 3.58. The van der Waals surface area contributed by atoms with Crippen LogP contribution in [0.3, 0.4) is 0 Å². The first-order valence-corrected chi connectivity index (χ1v) is 8.09. The van der Waals surface area contributed by atoms with Gasteiger partial charge in [0, 0.05) is 12.8 Å². The van der Waals surface area contributed by atoms with Gasteiger partial charge in [-0.1, -0.05) is 37.1 Å². The number of allylic oxidation sites excluding steroid dienone is 4. The van der Waals surface area contributed by atoms with E-state index in [9.17, 15) is 4.79 Å². The van der Waals surface area contributed by atoms with Gasteiger partial charge in [-0.15, -0.1) is 0 Å². The summed E-state index contributed by atoms with van der Waals surface area (Å²) >= 11 is 0. The zero-order chi connectivity index (χ0) is 15.5. The van der Waals surface area contributed by atoms with E-state index in [1.54, 1.807) is 0 Å². The zero-order valence-electron chi connectivity index (χ0n) is 14.5. The largest absolute Gasteiger partial charge is 0.300 e. The van der Waals surface area contributed by atoms with Crippen LogP contribution in [0, 0.1) is 11.8 Å². The van der Waals surface area contributed by atoms with Crippen LogP contribution in [0.15, 0.2) is 23.3 Å². The van der Waals surface area contributed by atoms with Crippen molar-refractivity contribution in [1.29, 1.82) is 0 Å². The smallest absolute Gasteiger partial charge is 0.133 e. The lowest BCUT2D eigenvalue weighted by Gasteiger charge is -2.12. The second-order valence-electron chi connectivity index (χ2n) is 6.87. The molecule has 0 aliphatic heterocycles. The fraction of sp³-hybridized carbons (Fsp3) is 0.737. The predicted molar refractivity (Wildman–Crippen MR) is 89.9 cm³/mol. The normalized spacial score (nSPS) is 13.5. The van der Waals surface area contributed by atoms with Crippen molar-refractivity contribution in [2.24, 2.45) is 11.8 Å². The molecule has 0 amide bonds. The van der Waals surface area contributed by atoms with Crippen LogP contribution in [-0.4, -0.2) is 5.78 Å². The standard InChI is InChI=1S/C19H34O/c1-15(2)9-7-11-17(5)13-19(20)14-18(6)12-8-10-16(3)4/h9-10,17-18H,7-8,11-14H2,1-6H3. The molecule has 0 aromatic rings. The van der Waals surface area contributed by atoms with Gasteiger partial charge in [0.05, 0.1) is 0 Å². The number of hydrogen-bond acceptors (Lipinski definition) is 1. The Labute approximate surface area is 126 Å². The van der Waals surface area contributed by atoms with E-state index in [1.165, 1.54) is 11.1 Å². The summed E-state index contributed by atoms with van der Waals surface area (Å²) in [6, 6.07) is 0. The fourth-order valence-corrected chi connectivity index (χ4v) is 2.38. The van der Waals surface area contributed by atoms with Crippen LogP contribution in [0.5, 0.6) is 0 Å². The summed E-state index contributed by atoms with van der Waals surface area (Å²) in [5.74, 6) is 1.48. The molecular weight excluding hydrogens is 244 g/mol. The van der Waals surface area contributed by atoms with Gasteiger partial charge in [0.15, 0.2) is 0 Å². The van der Waals surface area contributed by atoms with Gasteiger partial charge in [-0.2, -0.15) is 0 Å². The van der Waals surface area contributed by atoms with Crippen molar-refractivity contribution in [2.45, 2.75) is 80.1 Å². The Balaban J connectivity index is 3.85. The van der Waals surface area contributed by atoms with Crippen LogP contribution < -0.4 is 0 Å². The van der Waals surface area contributed by atoms with E-state index in [0.29, 0.717) is 17.6 Å². The Hall–Kier alpha value is -0.850. The van der Waals surface area contributed by atoms with E-state index in [1.807, 2.05) is 0 Å². The zero-order valence-corrected chi connectivity index (χ0v) is 14.5. The van der Waals surface area contributed by atoms with Crippen molar-refractivity contribution in [2.75, 3.05) is 0 Å². The Morgan fingerprint density at radius 1 is 0.800 bits per heavy atom. The first-order chi connectivity index (χ1) is 9.31. The van der Waals surface area contributed by atoms with Gasteiger partial charge in [-0.05, 0) is 65.2 Å². The van der Waals surface area contributed by atoms with Crippen molar-refractivity contribution in [3.05, 3.63) is 23.3 Å². The average molecular weight is 278 g/mol. The highest BCUT2D eigenvalue weighted by Gasteiger charge is 2.12. The lowest BCUT2D eigenvalue weighted by molar-refractivity contribution is -0.120. The molecule has 0 aromatic heterocycles. The highest BCUT2D eigenvalue weighted by molar-refractivity contribution is 5.78. The Bertz CT molecular complexity index is 296. The summed E-state index contributed by atoms with van der Waals surface area (Å²) in [6.45, 7) is 12.9. The molecule has 2 atom stereocenters. The van der Waals surface area contributed by atoms with Crippen LogP contribution in [0.2, 0.25) is 0 Å². The Morgan fingerprint density at radius 3 is 1.45 bits per heavy atom. The lowest BCUT2D eigenvalue weighted by atomic mass is 9.92. The van der Waals surface area contributed by atoms with E-state index in [2.05, 4.69) is 53.7 Å². The molecule has 0 fully saturated rings. The van der Waals surface area contributed by atoms with E-state index in [-0.39, 0.29) is 0 Å². The van der Waals surface area contributed by atoms with Gasteiger partial charge in [0.1, 0.15) is 5.78 Å². The maximum Gasteiger partial charge on any atom is 0.133 e. The van der Waals surface area contributed by atoms with Gasteiger partial charge in [0.25, 0.3) is 0 Å². The highest BCUT2D eigenvalue weighted by atomic mass is 16.1. The fourth-order valence-electron chi connectivity index (χ4n) is 2.38. The SMILES string of the molecule is CC(C)=CCCC(C)CC(=O)CC(C)CCC=C(C)C. The second-order valence-corrected chi connectivity index (χ2v) is 6.87. The summed E-state index contributed by atoms with van der Waals surface area (Å²) in [5.41, 5.74) is 2.74. The molecular formula is C19H34O. The van der Waals surface area contributed by atoms with Crippen molar-refractivity contribution in [1.82, 2.24) is 0 Å². The molecule has 0 aliphatic carbocycles. The lowest BCUT2D eigenvalue weighted by Crippen LogP contribution is -2.09. The highest BCUT2D eigenvalue weighted by Crippen LogP contribution is 2.18. The minimum absolute atomic E-state index is 0.444. The Kier molecular flexibility index (Phi) is 10.4. The predicted octanol–water partition coefficient (Wildman–Crippen LogP) is 6.10. The molecule has 0 saturated carbocycles. The maximum atomic E-state index is 12.0. The monoisotopic (exact) mass is 278 g/mol. The Morgan fingerprint density at radius 2 is 1.15 bits per heavy atom. The number of carbonyl (C=O) groups is 1. The molecule has 1 heteroatoms. The van der Waals surface area contributed by atoms with Gasteiger partial charge in [0.2, 0.25) is 0 Å². The minimum Gasteiger partial charge on any atom is -0.300 e. The van der Waals surface area contributed by atoms with Gasteiger partial charge in [-0.25, -0.2) is 0 Å². The van der Waals surface area contributed by atoms with Crippen molar-refractivity contribution in [3.8, 4) is 0 Å². The third-order valence-corrected chi connectivity index (χ3v) is 3.58. The molecule has 20 heavy (non-hydrogen) atoms. The minimum atomic E-state index is 0.444. The molecule has 0 spiro atoms. The topological polar surface area (TPSA) is 17.1 Å². The van der Waals surface area contributed by atoms with E-state index in [0.717, 1.165) is 38.5 Å². The molecule has 0 bridgehead atoms. The number of hydrogen-bond donors (Lipinski definition) is 0. The van der Waals surface area contributed by atoms with E-state index in [4.69, 9.17) is 0 Å². The molecule has 0 N–H and O–H groups in total. The number of rotatable bonds is 10. The van der Waals surface area contributed by atoms with Crippen LogP contribution in [-0.2, 0) is 4.79 Å². The van der Waals surface area contributed by atoms with Crippen LogP contribution in [0.4, 0.5) is 0 Å². The van der Waals surface area contributed by atoms with Crippen LogP contribution in [0.25, 0.3) is 0 Å². The first kappa shape index (κ1) is 19.1. The molecule has 1 nitrogen and oxygen atoms in total. The van der Waals surface area contributed by atoms with Crippen LogP contribution >= 0.6 is 0 Å². The average Bonchev–Trinajstić information content (AvgIpc) is 2.26. The number of Topliss-reactive ketones (excluding diaryl/α,β-unsaturated/α-hetero) is 1. The van der Waals surface area contributed by atoms with Gasteiger partial charge < -0.3 is 0 Å². The molecule has 0 aliphatic rings. The molecule has 116 valence electrons. The summed E-state index contributed by atoms with van der Waals surface area (Å²) in [6.07, 6.45) is 10.5.